The molecule has 216 valence electrons. The maximum Gasteiger partial charge on any atom is 0.335 e. The zero-order valence-electron chi connectivity index (χ0n) is 22.0. The van der Waals surface area contributed by atoms with Gasteiger partial charge in [-0.05, 0) is 68.1 Å². The number of aliphatic carboxylic acids is 1. The van der Waals surface area contributed by atoms with E-state index in [1.807, 2.05) is 6.92 Å². The Labute approximate surface area is 221 Å². The molecular formula is C27H42O11. The smallest absolute Gasteiger partial charge is 0.335 e. The van der Waals surface area contributed by atoms with Gasteiger partial charge in [-0.15, -0.1) is 0 Å². The molecule has 0 aromatic heterocycles. The van der Waals surface area contributed by atoms with Gasteiger partial charge >= 0.3 is 5.97 Å². The number of aliphatic hydroxyl groups excluding tert-OH is 5. The summed E-state index contributed by atoms with van der Waals surface area (Å²) in [5, 5.41) is 71.6. The van der Waals surface area contributed by atoms with Gasteiger partial charge in [-0.2, -0.15) is 0 Å². The van der Waals surface area contributed by atoms with Gasteiger partial charge in [-0.25, -0.2) is 4.79 Å². The van der Waals surface area contributed by atoms with Crippen LogP contribution < -0.4 is 0 Å². The number of rotatable bonds is 5. The van der Waals surface area contributed by atoms with Gasteiger partial charge in [0.15, 0.2) is 12.4 Å². The number of carbonyl (C=O) groups is 2. The van der Waals surface area contributed by atoms with E-state index in [-0.39, 0.29) is 35.9 Å². The lowest BCUT2D eigenvalue weighted by Crippen LogP contribution is -2.63. The summed E-state index contributed by atoms with van der Waals surface area (Å²) in [6.07, 6.45) is -5.34. The molecular weight excluding hydrogens is 500 g/mol. The molecule has 0 bridgehead atoms. The van der Waals surface area contributed by atoms with Crippen molar-refractivity contribution in [3.05, 3.63) is 0 Å². The average Bonchev–Trinajstić information content (AvgIpc) is 3.13. The number of fused-ring (bicyclic) bond motifs is 5. The molecule has 0 aromatic carbocycles. The summed E-state index contributed by atoms with van der Waals surface area (Å²) in [7, 11) is 0. The van der Waals surface area contributed by atoms with Crippen molar-refractivity contribution in [2.75, 3.05) is 6.61 Å². The van der Waals surface area contributed by atoms with Crippen LogP contribution in [-0.2, 0) is 19.1 Å². The van der Waals surface area contributed by atoms with E-state index in [0.29, 0.717) is 25.7 Å². The first-order valence-electron chi connectivity index (χ1n) is 13.9. The molecule has 0 radical (unpaired) electrons. The summed E-state index contributed by atoms with van der Waals surface area (Å²) in [5.41, 5.74) is -2.78. The zero-order valence-corrected chi connectivity index (χ0v) is 22.0. The largest absolute Gasteiger partial charge is 0.479 e. The monoisotopic (exact) mass is 542 g/mol. The van der Waals surface area contributed by atoms with E-state index in [1.165, 1.54) is 0 Å². The molecule has 0 spiro atoms. The normalized spacial score (nSPS) is 53.5. The predicted molar refractivity (Wildman–Crippen MR) is 129 cm³/mol. The van der Waals surface area contributed by atoms with Gasteiger partial charge in [0.25, 0.3) is 0 Å². The Hall–Kier alpha value is -1.18. The summed E-state index contributed by atoms with van der Waals surface area (Å²) < 4.78 is 11.4. The molecule has 0 amide bonds. The molecule has 14 atom stereocenters. The van der Waals surface area contributed by atoms with Crippen molar-refractivity contribution in [3.63, 3.8) is 0 Å². The summed E-state index contributed by atoms with van der Waals surface area (Å²) in [4.78, 5) is 25.4. The van der Waals surface area contributed by atoms with E-state index < -0.39 is 71.9 Å². The molecule has 38 heavy (non-hydrogen) atoms. The standard InChI is InChI=1S/C27H42O11/c1-25-9-13(37-24-21(33)19(31)20(32)22(38-24)23(34)35)5-3-12(25)4-6-14-15-7-8-27(36,17(30)11-28)26(15,2)10-16(29)18(14)25/h12-15,17-22,24,28,30-33,36H,3-11H2,1-2H3,(H,34,35). The van der Waals surface area contributed by atoms with E-state index in [1.54, 1.807) is 0 Å². The van der Waals surface area contributed by atoms with E-state index in [9.17, 15) is 45.3 Å². The van der Waals surface area contributed by atoms with Crippen molar-refractivity contribution in [1.82, 2.24) is 0 Å². The molecule has 1 aliphatic heterocycles. The van der Waals surface area contributed by atoms with Gasteiger partial charge < -0.3 is 45.2 Å². The van der Waals surface area contributed by atoms with Gasteiger partial charge in [0.05, 0.1) is 18.3 Å². The quantitative estimate of drug-likeness (QED) is 0.223. The second-order valence-corrected chi connectivity index (χ2v) is 13.0. The lowest BCUT2D eigenvalue weighted by Gasteiger charge is -2.61. The zero-order chi connectivity index (χ0) is 27.8. The minimum Gasteiger partial charge on any atom is -0.479 e. The van der Waals surface area contributed by atoms with E-state index in [2.05, 4.69) is 6.92 Å². The molecule has 0 aromatic rings. The van der Waals surface area contributed by atoms with Gasteiger partial charge in [0.2, 0.25) is 0 Å². The Morgan fingerprint density at radius 2 is 1.76 bits per heavy atom. The highest BCUT2D eigenvalue weighted by atomic mass is 16.7. The van der Waals surface area contributed by atoms with Crippen LogP contribution in [0, 0.1) is 34.5 Å². The Balaban J connectivity index is 1.36. The van der Waals surface area contributed by atoms with Crippen LogP contribution >= 0.6 is 0 Å². The molecule has 7 N–H and O–H groups in total. The van der Waals surface area contributed by atoms with Crippen LogP contribution in [0.3, 0.4) is 0 Å². The second kappa shape index (κ2) is 9.73. The second-order valence-electron chi connectivity index (χ2n) is 13.0. The first-order valence-corrected chi connectivity index (χ1v) is 13.9. The molecule has 5 rings (SSSR count). The van der Waals surface area contributed by atoms with Crippen LogP contribution in [0.2, 0.25) is 0 Å². The van der Waals surface area contributed by atoms with Crippen LogP contribution in [0.4, 0.5) is 0 Å². The lowest BCUT2D eigenvalue weighted by atomic mass is 9.43. The van der Waals surface area contributed by atoms with Crippen molar-refractivity contribution in [2.45, 2.75) is 114 Å². The molecule has 4 saturated carbocycles. The van der Waals surface area contributed by atoms with Crippen molar-refractivity contribution in [3.8, 4) is 0 Å². The molecule has 11 heteroatoms. The van der Waals surface area contributed by atoms with Gasteiger partial charge in [-0.3, -0.25) is 4.79 Å². The van der Waals surface area contributed by atoms with Crippen molar-refractivity contribution < 1.29 is 54.8 Å². The number of Topliss-reactive ketones (excluding diaryl/α,β-unsaturated/α-hetero) is 1. The van der Waals surface area contributed by atoms with Crippen molar-refractivity contribution in [2.24, 2.45) is 34.5 Å². The third-order valence-electron chi connectivity index (χ3n) is 11.3. The van der Waals surface area contributed by atoms with E-state index in [4.69, 9.17) is 9.47 Å². The van der Waals surface area contributed by atoms with Crippen LogP contribution in [0.5, 0.6) is 0 Å². The number of carboxylic acids is 1. The number of aliphatic hydroxyl groups is 6. The fourth-order valence-electron chi connectivity index (χ4n) is 9.33. The first kappa shape index (κ1) is 28.4. The van der Waals surface area contributed by atoms with Crippen LogP contribution in [-0.4, -0.2) is 103 Å². The van der Waals surface area contributed by atoms with E-state index >= 15 is 0 Å². The van der Waals surface area contributed by atoms with Gasteiger partial charge in [0.1, 0.15) is 30.2 Å². The van der Waals surface area contributed by atoms with Crippen molar-refractivity contribution in [1.29, 1.82) is 0 Å². The molecule has 11 nitrogen and oxygen atoms in total. The minimum atomic E-state index is -1.79. The van der Waals surface area contributed by atoms with Crippen molar-refractivity contribution >= 4 is 11.8 Å². The highest BCUT2D eigenvalue weighted by Crippen LogP contribution is 2.67. The Morgan fingerprint density at radius 1 is 1.08 bits per heavy atom. The fraction of sp³-hybridized carbons (Fsp3) is 0.926. The van der Waals surface area contributed by atoms with Gasteiger partial charge in [-0.1, -0.05) is 13.8 Å². The number of hydrogen-bond acceptors (Lipinski definition) is 10. The summed E-state index contributed by atoms with van der Waals surface area (Å²) in [6.45, 7) is 3.41. The molecule has 4 aliphatic carbocycles. The molecule has 5 aliphatic rings. The number of ketones is 1. The minimum absolute atomic E-state index is 0.0195. The van der Waals surface area contributed by atoms with Crippen LogP contribution in [0.15, 0.2) is 0 Å². The maximum atomic E-state index is 13.9. The third kappa shape index (κ3) is 4.00. The summed E-state index contributed by atoms with van der Waals surface area (Å²) in [6, 6.07) is 0. The molecule has 1 saturated heterocycles. The highest BCUT2D eigenvalue weighted by molar-refractivity contribution is 5.84. The topological polar surface area (TPSA) is 194 Å². The number of carboxylic acid groups (broad SMARTS) is 1. The fourth-order valence-corrected chi connectivity index (χ4v) is 9.33. The maximum absolute atomic E-state index is 13.9. The number of carbonyl (C=O) groups excluding carboxylic acids is 1. The van der Waals surface area contributed by atoms with Crippen LogP contribution in [0.25, 0.3) is 0 Å². The Morgan fingerprint density at radius 3 is 2.42 bits per heavy atom. The summed E-state index contributed by atoms with van der Waals surface area (Å²) >= 11 is 0. The average molecular weight is 543 g/mol. The Kier molecular flexibility index (Phi) is 7.26. The Bertz CT molecular complexity index is 944. The van der Waals surface area contributed by atoms with Gasteiger partial charge in [0, 0.05) is 17.8 Å². The van der Waals surface area contributed by atoms with E-state index in [0.717, 1.165) is 19.3 Å². The SMILES string of the molecule is CC12CC(OC3OC(C(=O)O)C(O)C(O)C3O)CCC1CCC1C2C(=O)CC2(C)C1CCC2(O)C(O)CO. The summed E-state index contributed by atoms with van der Waals surface area (Å²) in [5.74, 6) is -1.38. The van der Waals surface area contributed by atoms with Crippen LogP contribution in [0.1, 0.15) is 65.2 Å². The molecule has 5 fully saturated rings. The highest BCUT2D eigenvalue weighted by Gasteiger charge is 2.68. The number of hydrogen-bond donors (Lipinski definition) is 7. The third-order valence-corrected chi connectivity index (χ3v) is 11.3. The lowest BCUT2D eigenvalue weighted by molar-refractivity contribution is -0.310. The molecule has 14 unspecified atom stereocenters. The number of ether oxygens (including phenoxy) is 2. The molecule has 1 heterocycles. The first-order chi connectivity index (χ1) is 17.8. The predicted octanol–water partition coefficient (Wildman–Crippen LogP) is -0.430.